The summed E-state index contributed by atoms with van der Waals surface area (Å²) in [6.07, 6.45) is 2.36. The molecular formula is C25H28N4O5. The SMILES string of the molecule is CCn1ccc(NC(=O)c2cc(Oc3ccc(C(=O)N4CCC4)cc3)cc(O[C@@H](C)CO)c2)n1. The van der Waals surface area contributed by atoms with E-state index in [4.69, 9.17) is 9.47 Å². The molecule has 0 spiro atoms. The number of amides is 2. The van der Waals surface area contributed by atoms with E-state index in [2.05, 4.69) is 10.4 Å². The highest BCUT2D eigenvalue weighted by Gasteiger charge is 2.21. The number of aliphatic hydroxyl groups is 1. The molecule has 1 fully saturated rings. The lowest BCUT2D eigenvalue weighted by Gasteiger charge is -2.30. The lowest BCUT2D eigenvalue weighted by atomic mass is 10.1. The van der Waals surface area contributed by atoms with Crippen LogP contribution in [0.15, 0.2) is 54.7 Å². The predicted octanol–water partition coefficient (Wildman–Crippen LogP) is 3.55. The Bertz CT molecular complexity index is 1150. The first-order chi connectivity index (χ1) is 16.4. The Morgan fingerprint density at radius 2 is 1.79 bits per heavy atom. The van der Waals surface area contributed by atoms with Crippen LogP contribution in [0.3, 0.4) is 0 Å². The van der Waals surface area contributed by atoms with Crippen molar-refractivity contribution < 1.29 is 24.2 Å². The minimum Gasteiger partial charge on any atom is -0.488 e. The van der Waals surface area contributed by atoms with Crippen LogP contribution >= 0.6 is 0 Å². The van der Waals surface area contributed by atoms with E-state index in [1.807, 2.05) is 6.92 Å². The molecule has 2 N–H and O–H groups in total. The normalized spacial score (nSPS) is 13.7. The molecule has 9 nitrogen and oxygen atoms in total. The maximum atomic E-state index is 12.9. The average molecular weight is 465 g/mol. The fourth-order valence-corrected chi connectivity index (χ4v) is 3.40. The molecule has 1 aliphatic heterocycles. The smallest absolute Gasteiger partial charge is 0.257 e. The number of benzene rings is 2. The van der Waals surface area contributed by atoms with E-state index in [9.17, 15) is 14.7 Å². The lowest BCUT2D eigenvalue weighted by Crippen LogP contribution is -2.41. The molecule has 9 heteroatoms. The zero-order chi connectivity index (χ0) is 24.1. The third kappa shape index (κ3) is 5.55. The Hall–Kier alpha value is -3.85. The molecule has 1 aliphatic rings. The molecule has 0 aliphatic carbocycles. The summed E-state index contributed by atoms with van der Waals surface area (Å²) >= 11 is 0. The van der Waals surface area contributed by atoms with E-state index in [1.54, 1.807) is 71.2 Å². The first-order valence-electron chi connectivity index (χ1n) is 11.3. The maximum absolute atomic E-state index is 12.9. The topological polar surface area (TPSA) is 106 Å². The van der Waals surface area contributed by atoms with Crippen LogP contribution in [0.25, 0.3) is 0 Å². The zero-order valence-electron chi connectivity index (χ0n) is 19.2. The van der Waals surface area contributed by atoms with Gasteiger partial charge >= 0.3 is 0 Å². The van der Waals surface area contributed by atoms with Crippen molar-refractivity contribution in [2.24, 2.45) is 0 Å². The fraction of sp³-hybridized carbons (Fsp3) is 0.320. The molecule has 0 radical (unpaired) electrons. The van der Waals surface area contributed by atoms with Crippen LogP contribution in [0.4, 0.5) is 5.82 Å². The van der Waals surface area contributed by atoms with Gasteiger partial charge < -0.3 is 24.8 Å². The molecule has 1 saturated heterocycles. The molecule has 1 atom stereocenters. The van der Waals surface area contributed by atoms with E-state index in [-0.39, 0.29) is 18.4 Å². The average Bonchev–Trinajstić information content (AvgIpc) is 3.25. The Morgan fingerprint density at radius 3 is 2.41 bits per heavy atom. The summed E-state index contributed by atoms with van der Waals surface area (Å²) in [5.74, 6) is 1.36. The first kappa shape index (κ1) is 23.3. The summed E-state index contributed by atoms with van der Waals surface area (Å²) in [6, 6.07) is 13.4. The minimum absolute atomic E-state index is 0.00987. The largest absolute Gasteiger partial charge is 0.488 e. The van der Waals surface area contributed by atoms with E-state index in [0.717, 1.165) is 19.5 Å². The highest BCUT2D eigenvalue weighted by atomic mass is 16.5. The van der Waals surface area contributed by atoms with Crippen molar-refractivity contribution in [1.82, 2.24) is 14.7 Å². The number of aryl methyl sites for hydroxylation is 1. The molecule has 0 bridgehead atoms. The summed E-state index contributed by atoms with van der Waals surface area (Å²) in [6.45, 7) is 5.78. The van der Waals surface area contributed by atoms with Crippen LogP contribution in [0, 0.1) is 0 Å². The van der Waals surface area contributed by atoms with Crippen LogP contribution in [-0.4, -0.2) is 57.4 Å². The van der Waals surface area contributed by atoms with Gasteiger partial charge in [-0.05, 0) is 56.7 Å². The van der Waals surface area contributed by atoms with Crippen molar-refractivity contribution in [3.63, 3.8) is 0 Å². The molecule has 178 valence electrons. The van der Waals surface area contributed by atoms with Crippen molar-refractivity contribution in [3.8, 4) is 17.2 Å². The van der Waals surface area contributed by atoms with Gasteiger partial charge in [-0.2, -0.15) is 5.10 Å². The molecule has 2 aromatic carbocycles. The van der Waals surface area contributed by atoms with Gasteiger partial charge in [0, 0.05) is 49.1 Å². The number of hydrogen-bond donors (Lipinski definition) is 2. The highest BCUT2D eigenvalue weighted by Crippen LogP contribution is 2.29. The second-order valence-electron chi connectivity index (χ2n) is 8.09. The number of nitrogens with one attached hydrogen (secondary N) is 1. The van der Waals surface area contributed by atoms with Crippen molar-refractivity contribution in [2.45, 2.75) is 32.9 Å². The van der Waals surface area contributed by atoms with Crippen LogP contribution in [0.1, 0.15) is 41.0 Å². The molecule has 0 saturated carbocycles. The maximum Gasteiger partial charge on any atom is 0.257 e. The lowest BCUT2D eigenvalue weighted by molar-refractivity contribution is 0.0651. The molecule has 0 unspecified atom stereocenters. The van der Waals surface area contributed by atoms with Crippen molar-refractivity contribution in [2.75, 3.05) is 25.0 Å². The number of nitrogens with zero attached hydrogens (tertiary/aromatic N) is 3. The summed E-state index contributed by atoms with van der Waals surface area (Å²) < 4.78 is 13.4. The Morgan fingerprint density at radius 1 is 1.06 bits per heavy atom. The van der Waals surface area contributed by atoms with Gasteiger partial charge in [-0.1, -0.05) is 0 Å². The summed E-state index contributed by atoms with van der Waals surface area (Å²) in [5.41, 5.74) is 0.917. The first-order valence-corrected chi connectivity index (χ1v) is 11.3. The predicted molar refractivity (Wildman–Crippen MR) is 127 cm³/mol. The number of ether oxygens (including phenoxy) is 2. The van der Waals surface area contributed by atoms with Gasteiger partial charge in [-0.3, -0.25) is 14.3 Å². The zero-order valence-corrected chi connectivity index (χ0v) is 19.2. The van der Waals surface area contributed by atoms with Crippen LogP contribution in [0.2, 0.25) is 0 Å². The van der Waals surface area contributed by atoms with Crippen molar-refractivity contribution in [1.29, 1.82) is 0 Å². The van der Waals surface area contributed by atoms with Crippen LogP contribution in [0.5, 0.6) is 17.2 Å². The van der Waals surface area contributed by atoms with E-state index in [0.29, 0.717) is 40.7 Å². The van der Waals surface area contributed by atoms with Gasteiger partial charge in [0.15, 0.2) is 5.82 Å². The molecule has 4 rings (SSSR count). The molecule has 34 heavy (non-hydrogen) atoms. The number of carbonyl (C=O) groups is 2. The number of hydrogen-bond acceptors (Lipinski definition) is 6. The number of carbonyl (C=O) groups excluding carboxylic acids is 2. The quantitative estimate of drug-likeness (QED) is 0.502. The second-order valence-corrected chi connectivity index (χ2v) is 8.09. The Labute approximate surface area is 197 Å². The number of aromatic nitrogens is 2. The summed E-state index contributed by atoms with van der Waals surface area (Å²) in [5, 5.41) is 16.4. The van der Waals surface area contributed by atoms with Crippen molar-refractivity contribution >= 4 is 17.6 Å². The molecule has 2 amide bonds. The van der Waals surface area contributed by atoms with Gasteiger partial charge in [0.25, 0.3) is 11.8 Å². The van der Waals surface area contributed by atoms with Crippen LogP contribution < -0.4 is 14.8 Å². The molecule has 3 aromatic rings. The minimum atomic E-state index is -0.460. The van der Waals surface area contributed by atoms with Gasteiger partial charge in [-0.25, -0.2) is 0 Å². The Kier molecular flexibility index (Phi) is 7.12. The number of anilines is 1. The third-order valence-electron chi connectivity index (χ3n) is 5.42. The third-order valence-corrected chi connectivity index (χ3v) is 5.42. The number of aliphatic hydroxyl groups excluding tert-OH is 1. The number of likely N-dealkylation sites (tertiary alicyclic amines) is 1. The fourth-order valence-electron chi connectivity index (χ4n) is 3.40. The highest BCUT2D eigenvalue weighted by molar-refractivity contribution is 6.04. The van der Waals surface area contributed by atoms with Crippen molar-refractivity contribution in [3.05, 3.63) is 65.9 Å². The number of rotatable bonds is 9. The van der Waals surface area contributed by atoms with E-state index in [1.165, 1.54) is 0 Å². The molecule has 2 heterocycles. The van der Waals surface area contributed by atoms with Gasteiger partial charge in [0.2, 0.25) is 0 Å². The van der Waals surface area contributed by atoms with E-state index < -0.39 is 6.10 Å². The van der Waals surface area contributed by atoms with Gasteiger partial charge in [0.05, 0.1) is 6.61 Å². The summed E-state index contributed by atoms with van der Waals surface area (Å²) in [4.78, 5) is 27.0. The Balaban J connectivity index is 1.53. The second kappa shape index (κ2) is 10.4. The van der Waals surface area contributed by atoms with Gasteiger partial charge in [-0.15, -0.1) is 0 Å². The van der Waals surface area contributed by atoms with Crippen LogP contribution in [-0.2, 0) is 6.54 Å². The summed E-state index contributed by atoms with van der Waals surface area (Å²) in [7, 11) is 0. The standard InChI is InChI=1S/C25H28N4O5/c1-3-29-12-9-23(27-29)26-24(31)19-13-21(33-17(2)16-30)15-22(14-19)34-20-7-5-18(6-8-20)25(32)28-10-4-11-28/h5-9,12-15,17,30H,3-4,10-11,16H2,1-2H3,(H,26,27,31)/t17-/m0/s1. The molecular weight excluding hydrogens is 436 g/mol. The molecule has 1 aromatic heterocycles. The van der Waals surface area contributed by atoms with Gasteiger partial charge in [0.1, 0.15) is 23.4 Å². The monoisotopic (exact) mass is 464 g/mol. The van der Waals surface area contributed by atoms with E-state index >= 15 is 0 Å².